The molecule has 0 aromatic heterocycles. The van der Waals surface area contributed by atoms with Crippen molar-refractivity contribution < 1.29 is 4.74 Å². The Kier molecular flexibility index (Phi) is 2.93. The minimum atomic E-state index is 0.792. The number of nitrogens with zero attached hydrogens (tertiary/aromatic N) is 1. The molecular formula is C10H13BrN2O. The van der Waals surface area contributed by atoms with Gasteiger partial charge in [-0.25, -0.2) is 0 Å². The summed E-state index contributed by atoms with van der Waals surface area (Å²) < 4.78 is 6.32. The zero-order valence-corrected chi connectivity index (χ0v) is 9.46. The van der Waals surface area contributed by atoms with Crippen molar-refractivity contribution in [1.82, 2.24) is 0 Å². The Morgan fingerprint density at radius 3 is 2.57 bits per heavy atom. The first-order valence-corrected chi connectivity index (χ1v) is 5.44. The van der Waals surface area contributed by atoms with Crippen LogP contribution in [-0.4, -0.2) is 26.3 Å². The molecule has 14 heavy (non-hydrogen) atoms. The third-order valence-electron chi connectivity index (χ3n) is 2.28. The smallest absolute Gasteiger partial charge is 0.0642 e. The van der Waals surface area contributed by atoms with Crippen LogP contribution >= 0.6 is 15.9 Å². The zero-order chi connectivity index (χ0) is 9.97. The van der Waals surface area contributed by atoms with Crippen molar-refractivity contribution in [3.05, 3.63) is 22.7 Å². The van der Waals surface area contributed by atoms with Gasteiger partial charge in [-0.1, -0.05) is 15.9 Å². The highest BCUT2D eigenvalue weighted by molar-refractivity contribution is 9.10. The van der Waals surface area contributed by atoms with Crippen LogP contribution in [0.1, 0.15) is 0 Å². The number of benzene rings is 1. The third-order valence-corrected chi connectivity index (χ3v) is 2.74. The number of anilines is 2. The lowest BCUT2D eigenvalue weighted by atomic mass is 10.2. The Morgan fingerprint density at radius 2 is 1.93 bits per heavy atom. The molecule has 0 aliphatic carbocycles. The monoisotopic (exact) mass is 256 g/mol. The number of ether oxygens (including phenoxy) is 1. The predicted molar refractivity (Wildman–Crippen MR) is 61.6 cm³/mol. The summed E-state index contributed by atoms with van der Waals surface area (Å²) in [5, 5.41) is 0. The molecule has 0 saturated carbocycles. The van der Waals surface area contributed by atoms with Gasteiger partial charge in [-0.3, -0.25) is 0 Å². The van der Waals surface area contributed by atoms with Crippen molar-refractivity contribution in [2.75, 3.05) is 36.9 Å². The van der Waals surface area contributed by atoms with Gasteiger partial charge in [-0.2, -0.15) is 0 Å². The standard InChI is InChI=1S/C10H13BrN2O/c11-8-5-9(12)7-10(6-8)13-1-3-14-4-2-13/h5-7H,1-4,12H2. The van der Waals surface area contributed by atoms with Gasteiger partial charge in [0.05, 0.1) is 13.2 Å². The molecule has 4 heteroatoms. The number of hydrogen-bond acceptors (Lipinski definition) is 3. The molecule has 0 amide bonds. The summed E-state index contributed by atoms with van der Waals surface area (Å²) in [6.07, 6.45) is 0. The summed E-state index contributed by atoms with van der Waals surface area (Å²) in [5.74, 6) is 0. The molecule has 1 aromatic carbocycles. The maximum atomic E-state index is 5.78. The number of hydrogen-bond donors (Lipinski definition) is 1. The Labute approximate surface area is 92.0 Å². The van der Waals surface area contributed by atoms with E-state index in [1.807, 2.05) is 12.1 Å². The van der Waals surface area contributed by atoms with E-state index in [-0.39, 0.29) is 0 Å². The van der Waals surface area contributed by atoms with Crippen molar-refractivity contribution >= 4 is 27.3 Å². The van der Waals surface area contributed by atoms with Crippen LogP contribution in [0.2, 0.25) is 0 Å². The SMILES string of the molecule is Nc1cc(Br)cc(N2CCOCC2)c1. The molecule has 1 aliphatic heterocycles. The number of rotatable bonds is 1. The van der Waals surface area contributed by atoms with E-state index < -0.39 is 0 Å². The van der Waals surface area contributed by atoms with E-state index in [0.717, 1.165) is 36.5 Å². The van der Waals surface area contributed by atoms with E-state index in [1.54, 1.807) is 0 Å². The highest BCUT2D eigenvalue weighted by atomic mass is 79.9. The van der Waals surface area contributed by atoms with Crippen LogP contribution in [0.4, 0.5) is 11.4 Å². The van der Waals surface area contributed by atoms with Crippen LogP contribution in [0.3, 0.4) is 0 Å². The van der Waals surface area contributed by atoms with Crippen LogP contribution in [-0.2, 0) is 4.74 Å². The van der Waals surface area contributed by atoms with Crippen molar-refractivity contribution in [2.24, 2.45) is 0 Å². The summed E-state index contributed by atoms with van der Waals surface area (Å²) >= 11 is 3.44. The maximum Gasteiger partial charge on any atom is 0.0642 e. The first kappa shape index (κ1) is 9.80. The van der Waals surface area contributed by atoms with Gasteiger partial charge in [0.2, 0.25) is 0 Å². The molecule has 0 unspecified atom stereocenters. The van der Waals surface area contributed by atoms with Gasteiger partial charge >= 0.3 is 0 Å². The first-order valence-electron chi connectivity index (χ1n) is 4.64. The molecule has 2 N–H and O–H groups in total. The van der Waals surface area contributed by atoms with Crippen LogP contribution in [0.15, 0.2) is 22.7 Å². The van der Waals surface area contributed by atoms with E-state index in [4.69, 9.17) is 10.5 Å². The third kappa shape index (κ3) is 2.19. The largest absolute Gasteiger partial charge is 0.399 e. The van der Waals surface area contributed by atoms with Crippen molar-refractivity contribution in [1.29, 1.82) is 0 Å². The normalized spacial score (nSPS) is 17.1. The molecule has 1 aliphatic rings. The predicted octanol–water partition coefficient (Wildman–Crippen LogP) is 1.87. The van der Waals surface area contributed by atoms with Gasteiger partial charge in [0.15, 0.2) is 0 Å². The van der Waals surface area contributed by atoms with Crippen LogP contribution in [0.25, 0.3) is 0 Å². The van der Waals surface area contributed by atoms with Gasteiger partial charge < -0.3 is 15.4 Å². The number of nitrogens with two attached hydrogens (primary N) is 1. The molecule has 2 rings (SSSR count). The highest BCUT2D eigenvalue weighted by Gasteiger charge is 2.11. The topological polar surface area (TPSA) is 38.5 Å². The van der Waals surface area contributed by atoms with E-state index in [0.29, 0.717) is 0 Å². The Morgan fingerprint density at radius 1 is 1.21 bits per heavy atom. The highest BCUT2D eigenvalue weighted by Crippen LogP contribution is 2.24. The van der Waals surface area contributed by atoms with E-state index >= 15 is 0 Å². The Hall–Kier alpha value is -0.740. The lowest BCUT2D eigenvalue weighted by Crippen LogP contribution is -2.36. The summed E-state index contributed by atoms with van der Waals surface area (Å²) in [4.78, 5) is 2.28. The average Bonchev–Trinajstić information content (AvgIpc) is 2.18. The molecule has 1 saturated heterocycles. The fourth-order valence-electron chi connectivity index (χ4n) is 1.60. The van der Waals surface area contributed by atoms with Gasteiger partial charge in [0.1, 0.15) is 0 Å². The number of nitrogen functional groups attached to an aromatic ring is 1. The van der Waals surface area contributed by atoms with E-state index in [1.165, 1.54) is 5.69 Å². The minimum absolute atomic E-state index is 0.792. The first-order chi connectivity index (χ1) is 6.75. The number of halogens is 1. The summed E-state index contributed by atoms with van der Waals surface area (Å²) in [5.41, 5.74) is 7.74. The minimum Gasteiger partial charge on any atom is -0.399 e. The molecule has 0 bridgehead atoms. The fraction of sp³-hybridized carbons (Fsp3) is 0.400. The van der Waals surface area contributed by atoms with Crippen molar-refractivity contribution in [3.63, 3.8) is 0 Å². The fourth-order valence-corrected chi connectivity index (χ4v) is 2.10. The molecule has 1 fully saturated rings. The lowest BCUT2D eigenvalue weighted by Gasteiger charge is -2.29. The average molecular weight is 257 g/mol. The molecule has 0 atom stereocenters. The van der Waals surface area contributed by atoms with Crippen LogP contribution < -0.4 is 10.6 Å². The van der Waals surface area contributed by atoms with Crippen molar-refractivity contribution in [2.45, 2.75) is 0 Å². The molecule has 3 nitrogen and oxygen atoms in total. The molecule has 1 aromatic rings. The molecular weight excluding hydrogens is 244 g/mol. The quantitative estimate of drug-likeness (QED) is 0.780. The van der Waals surface area contributed by atoms with Gasteiger partial charge in [0.25, 0.3) is 0 Å². The van der Waals surface area contributed by atoms with Crippen molar-refractivity contribution in [3.8, 4) is 0 Å². The summed E-state index contributed by atoms with van der Waals surface area (Å²) in [6.45, 7) is 3.48. The molecule has 0 radical (unpaired) electrons. The van der Waals surface area contributed by atoms with Crippen LogP contribution in [0, 0.1) is 0 Å². The second kappa shape index (κ2) is 4.19. The summed E-state index contributed by atoms with van der Waals surface area (Å²) in [6, 6.07) is 5.99. The zero-order valence-electron chi connectivity index (χ0n) is 7.87. The molecule has 76 valence electrons. The van der Waals surface area contributed by atoms with E-state index in [2.05, 4.69) is 26.9 Å². The van der Waals surface area contributed by atoms with Gasteiger partial charge in [-0.05, 0) is 18.2 Å². The number of morpholine rings is 1. The second-order valence-corrected chi connectivity index (χ2v) is 4.26. The lowest BCUT2D eigenvalue weighted by molar-refractivity contribution is 0.122. The molecule has 0 spiro atoms. The maximum absolute atomic E-state index is 5.78. The van der Waals surface area contributed by atoms with Gasteiger partial charge in [-0.15, -0.1) is 0 Å². The summed E-state index contributed by atoms with van der Waals surface area (Å²) in [7, 11) is 0. The van der Waals surface area contributed by atoms with Gasteiger partial charge in [0, 0.05) is 28.9 Å². The Balaban J connectivity index is 2.21. The Bertz CT molecular complexity index is 304. The van der Waals surface area contributed by atoms with E-state index in [9.17, 15) is 0 Å². The van der Waals surface area contributed by atoms with Crippen LogP contribution in [0.5, 0.6) is 0 Å². The second-order valence-electron chi connectivity index (χ2n) is 3.34. The molecule has 1 heterocycles.